The van der Waals surface area contributed by atoms with Crippen molar-refractivity contribution >= 4 is 16.3 Å². The Morgan fingerprint density at radius 1 is 1.00 bits per heavy atom. The zero-order valence-electron chi connectivity index (χ0n) is 8.51. The van der Waals surface area contributed by atoms with Crippen molar-refractivity contribution < 1.29 is 9.47 Å². The van der Waals surface area contributed by atoms with E-state index in [0.717, 1.165) is 16.9 Å². The molecule has 1 aliphatic rings. The summed E-state index contributed by atoms with van der Waals surface area (Å²) in [5, 5.41) is 2.34. The maximum absolute atomic E-state index is 5.37. The Morgan fingerprint density at radius 2 is 1.81 bits per heavy atom. The van der Waals surface area contributed by atoms with Gasteiger partial charge in [-0.1, -0.05) is 0 Å². The van der Waals surface area contributed by atoms with Crippen molar-refractivity contribution in [3.8, 4) is 11.5 Å². The zero-order chi connectivity index (χ0) is 10.5. The third-order valence-corrected chi connectivity index (χ3v) is 2.97. The zero-order valence-corrected chi connectivity index (χ0v) is 8.51. The van der Waals surface area contributed by atoms with E-state index in [0.29, 0.717) is 6.79 Å². The van der Waals surface area contributed by atoms with Gasteiger partial charge in [0.2, 0.25) is 6.79 Å². The van der Waals surface area contributed by atoms with E-state index in [1.165, 1.54) is 10.9 Å². The summed E-state index contributed by atoms with van der Waals surface area (Å²) in [6, 6.07) is 10.3. The third-order valence-electron chi connectivity index (χ3n) is 2.97. The average molecular weight is 211 g/mol. The highest BCUT2D eigenvalue weighted by Crippen LogP contribution is 2.36. The topological polar surface area (TPSA) is 22.9 Å². The second-order valence-electron chi connectivity index (χ2n) is 3.95. The van der Waals surface area contributed by atoms with Gasteiger partial charge in [-0.3, -0.25) is 0 Å². The van der Waals surface area contributed by atoms with E-state index in [1.807, 2.05) is 24.4 Å². The minimum absolute atomic E-state index is 0.324. The van der Waals surface area contributed by atoms with Crippen LogP contribution in [-0.2, 0) is 0 Å². The van der Waals surface area contributed by atoms with Gasteiger partial charge in [-0.25, -0.2) is 0 Å². The number of nitrogens with zero attached hydrogens (tertiary/aromatic N) is 1. The maximum Gasteiger partial charge on any atom is 0.231 e. The molecule has 1 aromatic carbocycles. The van der Waals surface area contributed by atoms with Gasteiger partial charge in [0.15, 0.2) is 11.5 Å². The molecule has 4 rings (SSSR count). The largest absolute Gasteiger partial charge is 0.454 e. The van der Waals surface area contributed by atoms with E-state index >= 15 is 0 Å². The van der Waals surface area contributed by atoms with Crippen molar-refractivity contribution in [2.45, 2.75) is 0 Å². The normalized spacial score (nSPS) is 13.8. The summed E-state index contributed by atoms with van der Waals surface area (Å²) in [4.78, 5) is 0. The fourth-order valence-corrected chi connectivity index (χ4v) is 2.17. The van der Waals surface area contributed by atoms with E-state index < -0.39 is 0 Å². The molecule has 78 valence electrons. The van der Waals surface area contributed by atoms with Crippen LogP contribution >= 0.6 is 0 Å². The van der Waals surface area contributed by atoms with Crippen LogP contribution in [0.4, 0.5) is 0 Å². The summed E-state index contributed by atoms with van der Waals surface area (Å²) in [6.45, 7) is 0.324. The summed E-state index contributed by atoms with van der Waals surface area (Å²) in [5.41, 5.74) is 1.19. The summed E-state index contributed by atoms with van der Waals surface area (Å²) >= 11 is 0. The minimum Gasteiger partial charge on any atom is -0.454 e. The second kappa shape index (κ2) is 2.70. The van der Waals surface area contributed by atoms with Gasteiger partial charge in [0.05, 0.1) is 0 Å². The molecule has 0 saturated carbocycles. The highest BCUT2D eigenvalue weighted by molar-refractivity contribution is 5.88. The Kier molecular flexibility index (Phi) is 1.36. The Hall–Kier alpha value is -2.16. The molecule has 0 N–H and O–H groups in total. The van der Waals surface area contributed by atoms with Crippen molar-refractivity contribution in [3.63, 3.8) is 0 Å². The van der Waals surface area contributed by atoms with Crippen LogP contribution in [0.2, 0.25) is 0 Å². The van der Waals surface area contributed by atoms with Gasteiger partial charge in [0.1, 0.15) is 0 Å². The van der Waals surface area contributed by atoms with E-state index in [-0.39, 0.29) is 0 Å². The van der Waals surface area contributed by atoms with Gasteiger partial charge in [0, 0.05) is 23.3 Å². The number of pyridine rings is 1. The number of ether oxygens (including phenoxy) is 2. The van der Waals surface area contributed by atoms with Gasteiger partial charge in [-0.15, -0.1) is 0 Å². The lowest BCUT2D eigenvalue weighted by Crippen LogP contribution is -1.92. The van der Waals surface area contributed by atoms with Crippen LogP contribution in [0, 0.1) is 0 Å². The summed E-state index contributed by atoms with van der Waals surface area (Å²) < 4.78 is 12.8. The predicted octanol–water partition coefficient (Wildman–Crippen LogP) is 2.82. The van der Waals surface area contributed by atoms with Crippen LogP contribution in [0.1, 0.15) is 0 Å². The first-order chi connectivity index (χ1) is 7.90. The molecular formula is C13H9NO2. The number of hydrogen-bond acceptors (Lipinski definition) is 2. The molecule has 0 atom stereocenters. The first kappa shape index (κ1) is 8.05. The van der Waals surface area contributed by atoms with E-state index in [9.17, 15) is 0 Å². The Morgan fingerprint density at radius 3 is 2.69 bits per heavy atom. The Bertz CT molecular complexity index is 642. The standard InChI is InChI=1S/C13H9NO2/c1-2-11-4-9-5-12-13(16-8-15-12)6-10(9)7-14(11)3-1/h1-7H,8H2. The Labute approximate surface area is 91.8 Å². The van der Waals surface area contributed by atoms with Crippen molar-refractivity contribution in [2.24, 2.45) is 0 Å². The van der Waals surface area contributed by atoms with Gasteiger partial charge < -0.3 is 13.9 Å². The SMILES string of the molecule is c1cc2cc3cc4c(cc3cn2c1)OCO4. The predicted molar refractivity (Wildman–Crippen MR) is 61.0 cm³/mol. The summed E-state index contributed by atoms with van der Waals surface area (Å²) in [7, 11) is 0. The second-order valence-corrected chi connectivity index (χ2v) is 3.95. The monoisotopic (exact) mass is 211 g/mol. The molecule has 0 radical (unpaired) electrons. The molecule has 1 aliphatic heterocycles. The summed E-state index contributed by atoms with van der Waals surface area (Å²) in [6.07, 6.45) is 4.14. The highest BCUT2D eigenvalue weighted by atomic mass is 16.7. The van der Waals surface area contributed by atoms with Gasteiger partial charge in [-0.05, 0) is 35.7 Å². The molecule has 0 unspecified atom stereocenters. The molecule has 0 aliphatic carbocycles. The number of hydrogen-bond donors (Lipinski definition) is 0. The molecule has 0 saturated heterocycles. The van der Waals surface area contributed by atoms with Crippen molar-refractivity contribution in [1.82, 2.24) is 4.40 Å². The average Bonchev–Trinajstić information content (AvgIpc) is 2.89. The number of rotatable bonds is 0. The highest BCUT2D eigenvalue weighted by Gasteiger charge is 2.14. The molecule has 3 aromatic rings. The minimum atomic E-state index is 0.324. The maximum atomic E-state index is 5.37. The van der Waals surface area contributed by atoms with Crippen molar-refractivity contribution in [3.05, 3.63) is 42.7 Å². The Balaban J connectivity index is 2.14. The van der Waals surface area contributed by atoms with Crippen LogP contribution in [0.25, 0.3) is 16.3 Å². The van der Waals surface area contributed by atoms with E-state index in [1.54, 1.807) is 0 Å². The van der Waals surface area contributed by atoms with Gasteiger partial charge in [0.25, 0.3) is 0 Å². The number of fused-ring (bicyclic) bond motifs is 3. The molecule has 16 heavy (non-hydrogen) atoms. The van der Waals surface area contributed by atoms with Crippen LogP contribution in [0.5, 0.6) is 11.5 Å². The fourth-order valence-electron chi connectivity index (χ4n) is 2.17. The molecule has 0 bridgehead atoms. The fraction of sp³-hybridized carbons (Fsp3) is 0.0769. The lowest BCUT2D eigenvalue weighted by atomic mass is 10.1. The van der Waals surface area contributed by atoms with Crippen LogP contribution in [-0.4, -0.2) is 11.2 Å². The smallest absolute Gasteiger partial charge is 0.231 e. The van der Waals surface area contributed by atoms with Gasteiger partial charge in [-0.2, -0.15) is 0 Å². The van der Waals surface area contributed by atoms with Gasteiger partial charge >= 0.3 is 0 Å². The number of benzene rings is 1. The first-order valence-electron chi connectivity index (χ1n) is 5.20. The molecule has 0 spiro atoms. The first-order valence-corrected chi connectivity index (χ1v) is 5.20. The van der Waals surface area contributed by atoms with Crippen molar-refractivity contribution in [1.29, 1.82) is 0 Å². The number of aromatic nitrogens is 1. The molecule has 3 heteroatoms. The molecular weight excluding hydrogens is 202 g/mol. The molecule has 3 nitrogen and oxygen atoms in total. The summed E-state index contributed by atoms with van der Waals surface area (Å²) in [5.74, 6) is 1.67. The van der Waals surface area contributed by atoms with Crippen LogP contribution in [0.3, 0.4) is 0 Å². The quantitative estimate of drug-likeness (QED) is 0.570. The molecule has 0 amide bonds. The molecule has 2 aromatic heterocycles. The molecule has 0 fully saturated rings. The van der Waals surface area contributed by atoms with E-state index in [2.05, 4.69) is 22.7 Å². The van der Waals surface area contributed by atoms with Crippen LogP contribution < -0.4 is 9.47 Å². The van der Waals surface area contributed by atoms with E-state index in [4.69, 9.17) is 9.47 Å². The molecule has 3 heterocycles. The van der Waals surface area contributed by atoms with Crippen LogP contribution in [0.15, 0.2) is 42.7 Å². The van der Waals surface area contributed by atoms with Crippen molar-refractivity contribution in [2.75, 3.05) is 6.79 Å². The lowest BCUT2D eigenvalue weighted by Gasteiger charge is -2.02. The third kappa shape index (κ3) is 0.972. The lowest BCUT2D eigenvalue weighted by molar-refractivity contribution is 0.174.